The van der Waals surface area contributed by atoms with Gasteiger partial charge < -0.3 is 0 Å². The van der Waals surface area contributed by atoms with Gasteiger partial charge in [-0.15, -0.1) is 0 Å². The Labute approximate surface area is 130 Å². The predicted molar refractivity (Wildman–Crippen MR) is 88.7 cm³/mol. The van der Waals surface area contributed by atoms with Gasteiger partial charge >= 0.3 is 0 Å². The van der Waals surface area contributed by atoms with Crippen LogP contribution in [0.3, 0.4) is 0 Å². The van der Waals surface area contributed by atoms with Crippen molar-refractivity contribution >= 4 is 11.1 Å². The summed E-state index contributed by atoms with van der Waals surface area (Å²) in [5.74, 6) is 0. The summed E-state index contributed by atoms with van der Waals surface area (Å²) in [5.41, 5.74) is 4.17. The molecule has 0 aliphatic heterocycles. The third kappa shape index (κ3) is 2.79. The maximum atomic E-state index is 9.74. The molecule has 0 spiro atoms. The zero-order valence-electron chi connectivity index (χ0n) is 12.0. The topological polar surface area (TPSA) is 36.7 Å². The average Bonchev–Trinajstić information content (AvgIpc) is 2.62. The van der Waals surface area contributed by atoms with Crippen molar-refractivity contribution in [1.82, 2.24) is 4.98 Å². The first kappa shape index (κ1) is 13.8. The second-order valence-corrected chi connectivity index (χ2v) is 4.81. The van der Waals surface area contributed by atoms with Gasteiger partial charge in [-0.2, -0.15) is 5.26 Å². The summed E-state index contributed by atoms with van der Waals surface area (Å²) < 4.78 is 0. The number of allylic oxidation sites excluding steroid dienone is 1. The number of hydrogen-bond acceptors (Lipinski definition) is 2. The van der Waals surface area contributed by atoms with Gasteiger partial charge in [0.2, 0.25) is 0 Å². The van der Waals surface area contributed by atoms with Crippen molar-refractivity contribution in [2.24, 2.45) is 0 Å². The molecule has 0 fully saturated rings. The maximum absolute atomic E-state index is 9.74. The van der Waals surface area contributed by atoms with Gasteiger partial charge in [-0.1, -0.05) is 66.7 Å². The quantitative estimate of drug-likeness (QED) is 0.521. The van der Waals surface area contributed by atoms with E-state index in [-0.39, 0.29) is 0 Å². The van der Waals surface area contributed by atoms with E-state index in [4.69, 9.17) is 0 Å². The van der Waals surface area contributed by atoms with E-state index in [0.29, 0.717) is 5.57 Å². The SMILES string of the molecule is N#C/C(=C(/c1ccccc1)c1ccccn1)c1ccccc1. The van der Waals surface area contributed by atoms with Crippen LogP contribution in [0.25, 0.3) is 11.1 Å². The third-order valence-corrected chi connectivity index (χ3v) is 3.41. The monoisotopic (exact) mass is 282 g/mol. The molecule has 0 radical (unpaired) electrons. The minimum Gasteiger partial charge on any atom is -0.256 e. The molecule has 3 rings (SSSR count). The Morgan fingerprint density at radius 2 is 1.32 bits per heavy atom. The smallest absolute Gasteiger partial charge is 0.100 e. The average molecular weight is 282 g/mol. The third-order valence-electron chi connectivity index (χ3n) is 3.41. The molecule has 0 saturated carbocycles. The standard InChI is InChI=1S/C20H14N2/c21-15-18(16-9-3-1-4-10-16)20(17-11-5-2-6-12-17)19-13-7-8-14-22-19/h1-14H/b20-18+. The molecule has 22 heavy (non-hydrogen) atoms. The first-order valence-corrected chi connectivity index (χ1v) is 7.07. The molecule has 0 N–H and O–H groups in total. The largest absolute Gasteiger partial charge is 0.256 e. The molecule has 2 nitrogen and oxygen atoms in total. The normalized spacial score (nSPS) is 11.4. The second-order valence-electron chi connectivity index (χ2n) is 4.81. The summed E-state index contributed by atoms with van der Waals surface area (Å²) in [6.45, 7) is 0. The minimum absolute atomic E-state index is 0.630. The molecule has 1 heterocycles. The first-order valence-electron chi connectivity index (χ1n) is 7.07. The van der Waals surface area contributed by atoms with Crippen molar-refractivity contribution in [2.45, 2.75) is 0 Å². The molecular formula is C20H14N2. The van der Waals surface area contributed by atoms with Crippen LogP contribution in [0.2, 0.25) is 0 Å². The molecule has 0 saturated heterocycles. The van der Waals surface area contributed by atoms with E-state index in [1.54, 1.807) is 6.20 Å². The Morgan fingerprint density at radius 3 is 1.86 bits per heavy atom. The summed E-state index contributed by atoms with van der Waals surface area (Å²) >= 11 is 0. The number of aromatic nitrogens is 1. The van der Waals surface area contributed by atoms with Crippen LogP contribution in [0.1, 0.15) is 16.8 Å². The maximum Gasteiger partial charge on any atom is 0.100 e. The van der Waals surface area contributed by atoms with Gasteiger partial charge in [0, 0.05) is 11.8 Å². The van der Waals surface area contributed by atoms with Gasteiger partial charge in [-0.25, -0.2) is 0 Å². The highest BCUT2D eigenvalue weighted by Crippen LogP contribution is 2.30. The molecule has 0 amide bonds. The van der Waals surface area contributed by atoms with E-state index in [1.807, 2.05) is 78.9 Å². The van der Waals surface area contributed by atoms with Crippen LogP contribution in [-0.4, -0.2) is 4.98 Å². The van der Waals surface area contributed by atoms with E-state index in [1.165, 1.54) is 0 Å². The van der Waals surface area contributed by atoms with Crippen LogP contribution in [0.4, 0.5) is 0 Å². The Bertz CT molecular complexity index is 772. The Kier molecular flexibility index (Phi) is 4.08. The number of benzene rings is 2. The van der Waals surface area contributed by atoms with Crippen LogP contribution in [0, 0.1) is 11.3 Å². The number of nitriles is 1. The highest BCUT2D eigenvalue weighted by molar-refractivity contribution is 6.02. The molecule has 3 aromatic rings. The molecular weight excluding hydrogens is 268 g/mol. The Balaban J connectivity index is 2.30. The number of rotatable bonds is 3. The Hall–Kier alpha value is -3.18. The van der Waals surface area contributed by atoms with Gasteiger partial charge in [0.25, 0.3) is 0 Å². The molecule has 2 aromatic carbocycles. The van der Waals surface area contributed by atoms with Crippen LogP contribution in [-0.2, 0) is 0 Å². The molecule has 0 aliphatic rings. The summed E-state index contributed by atoms with van der Waals surface area (Å²) in [5, 5.41) is 9.74. The van der Waals surface area contributed by atoms with Crippen LogP contribution >= 0.6 is 0 Å². The van der Waals surface area contributed by atoms with Crippen molar-refractivity contribution in [3.8, 4) is 6.07 Å². The van der Waals surface area contributed by atoms with Crippen molar-refractivity contribution in [2.75, 3.05) is 0 Å². The van der Waals surface area contributed by atoms with E-state index in [2.05, 4.69) is 11.1 Å². The number of nitrogens with zero attached hydrogens (tertiary/aromatic N) is 2. The predicted octanol–water partition coefficient (Wildman–Crippen LogP) is 4.56. The van der Waals surface area contributed by atoms with E-state index >= 15 is 0 Å². The van der Waals surface area contributed by atoms with E-state index in [9.17, 15) is 5.26 Å². The van der Waals surface area contributed by atoms with Gasteiger partial charge in [0.1, 0.15) is 6.07 Å². The Morgan fingerprint density at radius 1 is 0.727 bits per heavy atom. The number of pyridine rings is 1. The van der Waals surface area contributed by atoms with Crippen molar-refractivity contribution in [3.63, 3.8) is 0 Å². The summed E-state index contributed by atoms with van der Waals surface area (Å²) in [4.78, 5) is 4.44. The lowest BCUT2D eigenvalue weighted by molar-refractivity contribution is 1.27. The molecule has 0 atom stereocenters. The fourth-order valence-corrected chi connectivity index (χ4v) is 2.41. The van der Waals surface area contributed by atoms with Gasteiger partial charge in [0.05, 0.1) is 11.3 Å². The van der Waals surface area contributed by atoms with Crippen molar-refractivity contribution < 1.29 is 0 Å². The van der Waals surface area contributed by atoms with Gasteiger partial charge in [0.15, 0.2) is 0 Å². The fraction of sp³-hybridized carbons (Fsp3) is 0. The van der Waals surface area contributed by atoms with Crippen LogP contribution in [0.15, 0.2) is 85.1 Å². The first-order chi connectivity index (χ1) is 10.9. The second kappa shape index (κ2) is 6.51. The molecule has 1 aromatic heterocycles. The lowest BCUT2D eigenvalue weighted by Crippen LogP contribution is -1.96. The summed E-state index contributed by atoms with van der Waals surface area (Å²) in [7, 11) is 0. The minimum atomic E-state index is 0.630. The van der Waals surface area contributed by atoms with Crippen molar-refractivity contribution in [3.05, 3.63) is 102 Å². The van der Waals surface area contributed by atoms with Gasteiger partial charge in [-0.3, -0.25) is 4.98 Å². The molecule has 0 unspecified atom stereocenters. The van der Waals surface area contributed by atoms with Gasteiger partial charge in [-0.05, 0) is 23.3 Å². The fourth-order valence-electron chi connectivity index (χ4n) is 2.41. The molecule has 104 valence electrons. The van der Waals surface area contributed by atoms with E-state index < -0.39 is 0 Å². The lowest BCUT2D eigenvalue weighted by atomic mass is 9.93. The zero-order chi connectivity index (χ0) is 15.2. The highest BCUT2D eigenvalue weighted by atomic mass is 14.7. The number of hydrogen-bond donors (Lipinski definition) is 0. The molecule has 0 aliphatic carbocycles. The molecule has 0 bridgehead atoms. The zero-order valence-corrected chi connectivity index (χ0v) is 12.0. The summed E-state index contributed by atoms with van der Waals surface area (Å²) in [6.07, 6.45) is 1.75. The lowest BCUT2D eigenvalue weighted by Gasteiger charge is -2.11. The summed E-state index contributed by atoms with van der Waals surface area (Å²) in [6, 6.07) is 27.7. The van der Waals surface area contributed by atoms with Crippen LogP contribution < -0.4 is 0 Å². The van der Waals surface area contributed by atoms with E-state index in [0.717, 1.165) is 22.4 Å². The molecule has 2 heteroatoms. The van der Waals surface area contributed by atoms with Crippen LogP contribution in [0.5, 0.6) is 0 Å². The highest BCUT2D eigenvalue weighted by Gasteiger charge is 2.14. The van der Waals surface area contributed by atoms with Crippen molar-refractivity contribution in [1.29, 1.82) is 5.26 Å².